The first-order chi connectivity index (χ1) is 9.65. The zero-order valence-corrected chi connectivity index (χ0v) is 12.5. The van der Waals surface area contributed by atoms with Crippen molar-refractivity contribution in [2.24, 2.45) is 7.05 Å². The molecule has 0 aromatic carbocycles. The normalized spacial score (nSPS) is 10.6. The minimum absolute atomic E-state index is 0.598. The molecule has 2 aromatic heterocycles. The quantitative estimate of drug-likeness (QED) is 0.878. The molecule has 0 aliphatic rings. The highest BCUT2D eigenvalue weighted by Gasteiger charge is 2.14. The molecule has 0 unspecified atom stereocenters. The van der Waals surface area contributed by atoms with Gasteiger partial charge in [0.15, 0.2) is 0 Å². The maximum Gasteiger partial charge on any atom is 0.229 e. The summed E-state index contributed by atoms with van der Waals surface area (Å²) in [7, 11) is 1.86. The predicted molar refractivity (Wildman–Crippen MR) is 78.2 cm³/mol. The van der Waals surface area contributed by atoms with Crippen molar-refractivity contribution in [2.75, 3.05) is 11.9 Å². The van der Waals surface area contributed by atoms with Crippen LogP contribution in [0, 0.1) is 6.92 Å². The summed E-state index contributed by atoms with van der Waals surface area (Å²) >= 11 is 0. The number of nitrogens with zero attached hydrogens (tertiary/aromatic N) is 4. The topological polar surface area (TPSA) is 64.9 Å². The molecule has 20 heavy (non-hydrogen) atoms. The lowest BCUT2D eigenvalue weighted by Crippen LogP contribution is -2.07. The first-order valence-corrected chi connectivity index (χ1v) is 6.91. The molecular formula is C14H21N5O. The summed E-state index contributed by atoms with van der Waals surface area (Å²) in [5.41, 5.74) is 1.93. The highest BCUT2D eigenvalue weighted by Crippen LogP contribution is 2.28. The predicted octanol–water partition coefficient (Wildman–Crippen LogP) is 2.70. The second-order valence-electron chi connectivity index (χ2n) is 4.64. The van der Waals surface area contributed by atoms with Crippen molar-refractivity contribution < 1.29 is 4.74 Å². The van der Waals surface area contributed by atoms with E-state index in [0.29, 0.717) is 11.8 Å². The Morgan fingerprint density at radius 1 is 1.30 bits per heavy atom. The Balaban J connectivity index is 2.34. The van der Waals surface area contributed by atoms with Crippen molar-refractivity contribution in [2.45, 2.75) is 33.6 Å². The smallest absolute Gasteiger partial charge is 0.229 e. The molecule has 0 spiro atoms. The van der Waals surface area contributed by atoms with E-state index in [4.69, 9.17) is 4.74 Å². The van der Waals surface area contributed by atoms with Crippen molar-refractivity contribution in [1.29, 1.82) is 0 Å². The zero-order chi connectivity index (χ0) is 14.5. The number of nitrogens with one attached hydrogen (secondary N) is 1. The van der Waals surface area contributed by atoms with E-state index in [1.54, 1.807) is 4.68 Å². The first kappa shape index (κ1) is 14.3. The molecule has 0 amide bonds. The maximum atomic E-state index is 5.91. The Labute approximate surface area is 119 Å². The molecule has 0 saturated heterocycles. The number of hydrogen-bond donors (Lipinski definition) is 1. The second-order valence-corrected chi connectivity index (χ2v) is 4.64. The van der Waals surface area contributed by atoms with E-state index in [1.165, 1.54) is 6.33 Å². The summed E-state index contributed by atoms with van der Waals surface area (Å²) in [5, 5.41) is 7.53. The van der Waals surface area contributed by atoms with Crippen LogP contribution >= 0.6 is 0 Å². The number of aromatic nitrogens is 4. The van der Waals surface area contributed by atoms with Crippen molar-refractivity contribution in [3.8, 4) is 11.8 Å². The van der Waals surface area contributed by atoms with Crippen LogP contribution < -0.4 is 10.1 Å². The summed E-state index contributed by atoms with van der Waals surface area (Å²) in [4.78, 5) is 8.56. The molecule has 6 nitrogen and oxygen atoms in total. The van der Waals surface area contributed by atoms with Gasteiger partial charge in [0.2, 0.25) is 11.8 Å². The molecule has 2 aromatic rings. The van der Waals surface area contributed by atoms with Gasteiger partial charge in [-0.25, -0.2) is 14.6 Å². The Hall–Kier alpha value is -2.11. The van der Waals surface area contributed by atoms with Crippen molar-refractivity contribution in [1.82, 2.24) is 19.7 Å². The van der Waals surface area contributed by atoms with Gasteiger partial charge < -0.3 is 10.1 Å². The summed E-state index contributed by atoms with van der Waals surface area (Å²) < 4.78 is 7.62. The van der Waals surface area contributed by atoms with E-state index in [-0.39, 0.29) is 0 Å². The van der Waals surface area contributed by atoms with E-state index in [9.17, 15) is 0 Å². The van der Waals surface area contributed by atoms with Crippen LogP contribution in [0.2, 0.25) is 0 Å². The minimum atomic E-state index is 0.598. The van der Waals surface area contributed by atoms with Crippen LogP contribution in [0.25, 0.3) is 0 Å². The molecule has 0 fully saturated rings. The van der Waals surface area contributed by atoms with Crippen LogP contribution in [0.15, 0.2) is 12.4 Å². The fourth-order valence-corrected chi connectivity index (χ4v) is 2.06. The average Bonchev–Trinajstić information content (AvgIpc) is 2.72. The van der Waals surface area contributed by atoms with E-state index in [1.807, 2.05) is 27.0 Å². The van der Waals surface area contributed by atoms with Gasteiger partial charge >= 0.3 is 0 Å². The second kappa shape index (κ2) is 6.36. The van der Waals surface area contributed by atoms with Gasteiger partial charge in [-0.2, -0.15) is 5.10 Å². The van der Waals surface area contributed by atoms with Gasteiger partial charge in [-0.3, -0.25) is 0 Å². The van der Waals surface area contributed by atoms with Gasteiger partial charge in [-0.05, 0) is 20.3 Å². The average molecular weight is 275 g/mol. The fraction of sp³-hybridized carbons (Fsp3) is 0.500. The first-order valence-electron chi connectivity index (χ1n) is 6.91. The standard InChI is InChI=1S/C14H21N5O/c1-5-7-11-13(15-6-2)16-9-17-14(11)20-12-8-10(3)18-19(12)4/h8-9H,5-7H2,1-4H3,(H,15,16,17). The van der Waals surface area contributed by atoms with Crippen LogP contribution in [0.4, 0.5) is 5.82 Å². The fourth-order valence-electron chi connectivity index (χ4n) is 2.06. The highest BCUT2D eigenvalue weighted by atomic mass is 16.5. The number of ether oxygens (including phenoxy) is 1. The number of rotatable bonds is 6. The maximum absolute atomic E-state index is 5.91. The van der Waals surface area contributed by atoms with E-state index < -0.39 is 0 Å². The van der Waals surface area contributed by atoms with Gasteiger partial charge in [-0.15, -0.1) is 0 Å². The summed E-state index contributed by atoms with van der Waals surface area (Å²) in [6.45, 7) is 6.92. The largest absolute Gasteiger partial charge is 0.420 e. The third-order valence-corrected chi connectivity index (χ3v) is 2.91. The third kappa shape index (κ3) is 3.07. The van der Waals surface area contributed by atoms with Gasteiger partial charge in [-0.1, -0.05) is 13.3 Å². The van der Waals surface area contributed by atoms with Crippen LogP contribution in [0.3, 0.4) is 0 Å². The summed E-state index contributed by atoms with van der Waals surface area (Å²) in [6.07, 6.45) is 3.40. The molecule has 0 aliphatic carbocycles. The molecule has 0 atom stereocenters. The Morgan fingerprint density at radius 3 is 2.70 bits per heavy atom. The number of aryl methyl sites for hydroxylation is 2. The molecule has 0 aliphatic heterocycles. The number of hydrogen-bond acceptors (Lipinski definition) is 5. The van der Waals surface area contributed by atoms with Crippen LogP contribution in [0.5, 0.6) is 11.8 Å². The zero-order valence-electron chi connectivity index (χ0n) is 12.5. The Kier molecular flexibility index (Phi) is 4.55. The molecule has 0 radical (unpaired) electrons. The summed E-state index contributed by atoms with van der Waals surface area (Å²) in [6, 6.07) is 1.89. The van der Waals surface area contributed by atoms with Crippen LogP contribution in [-0.4, -0.2) is 26.3 Å². The van der Waals surface area contributed by atoms with Gasteiger partial charge in [0.05, 0.1) is 11.3 Å². The molecule has 1 N–H and O–H groups in total. The van der Waals surface area contributed by atoms with Crippen LogP contribution in [-0.2, 0) is 13.5 Å². The lowest BCUT2D eigenvalue weighted by molar-refractivity contribution is 0.409. The monoisotopic (exact) mass is 275 g/mol. The lowest BCUT2D eigenvalue weighted by Gasteiger charge is -2.13. The van der Waals surface area contributed by atoms with Gasteiger partial charge in [0.1, 0.15) is 12.1 Å². The van der Waals surface area contributed by atoms with E-state index in [0.717, 1.165) is 36.5 Å². The van der Waals surface area contributed by atoms with Crippen molar-refractivity contribution >= 4 is 5.82 Å². The molecule has 2 heterocycles. The molecule has 0 saturated carbocycles. The Bertz CT molecular complexity index is 579. The molecule has 0 bridgehead atoms. The highest BCUT2D eigenvalue weighted by molar-refractivity contribution is 5.49. The van der Waals surface area contributed by atoms with E-state index in [2.05, 4.69) is 27.3 Å². The molecule has 108 valence electrons. The van der Waals surface area contributed by atoms with Gasteiger partial charge in [0.25, 0.3) is 0 Å². The Morgan fingerprint density at radius 2 is 2.10 bits per heavy atom. The number of anilines is 1. The van der Waals surface area contributed by atoms with E-state index >= 15 is 0 Å². The van der Waals surface area contributed by atoms with Crippen molar-refractivity contribution in [3.63, 3.8) is 0 Å². The van der Waals surface area contributed by atoms with Gasteiger partial charge in [0, 0.05) is 19.7 Å². The molecular weight excluding hydrogens is 254 g/mol. The SMILES string of the molecule is CCCc1c(NCC)ncnc1Oc1cc(C)nn1C. The van der Waals surface area contributed by atoms with Crippen molar-refractivity contribution in [3.05, 3.63) is 23.7 Å². The third-order valence-electron chi connectivity index (χ3n) is 2.91. The molecule has 6 heteroatoms. The lowest BCUT2D eigenvalue weighted by atomic mass is 10.1. The summed E-state index contributed by atoms with van der Waals surface area (Å²) in [5.74, 6) is 2.13. The minimum Gasteiger partial charge on any atom is -0.420 e. The molecule has 2 rings (SSSR count). The van der Waals surface area contributed by atoms with Crippen LogP contribution in [0.1, 0.15) is 31.5 Å².